The van der Waals surface area contributed by atoms with Crippen molar-refractivity contribution in [2.75, 3.05) is 39.8 Å². The predicted octanol–water partition coefficient (Wildman–Crippen LogP) is 4.88. The van der Waals surface area contributed by atoms with E-state index < -0.39 is 16.6 Å². The summed E-state index contributed by atoms with van der Waals surface area (Å²) in [5.74, 6) is 0. The van der Waals surface area contributed by atoms with E-state index in [0.29, 0.717) is 0 Å². The maximum Gasteiger partial charge on any atom is 0.186 e. The third-order valence-electron chi connectivity index (χ3n) is 4.72. The Hall–Kier alpha value is 0.314. The molecule has 140 valence electrons. The Morgan fingerprint density at radius 3 is 1.74 bits per heavy atom. The molecule has 3 nitrogen and oxygen atoms in total. The Balaban J connectivity index is 4.32. The van der Waals surface area contributed by atoms with Crippen LogP contribution in [-0.4, -0.2) is 65.9 Å². The first-order valence-electron chi connectivity index (χ1n) is 9.68. The van der Waals surface area contributed by atoms with E-state index in [1.807, 2.05) is 7.11 Å². The van der Waals surface area contributed by atoms with Crippen LogP contribution >= 0.6 is 0 Å². The summed E-state index contributed by atoms with van der Waals surface area (Å²) in [4.78, 5) is 2.65. The average molecular weight is 361 g/mol. The van der Waals surface area contributed by atoms with Crippen molar-refractivity contribution in [1.82, 2.24) is 9.47 Å². The number of hydrogen-bond acceptors (Lipinski definition) is 3. The Morgan fingerprint density at radius 2 is 1.30 bits per heavy atom. The van der Waals surface area contributed by atoms with Gasteiger partial charge in [-0.05, 0) is 58.0 Å². The molecule has 0 fully saturated rings. The molecule has 0 amide bonds. The summed E-state index contributed by atoms with van der Waals surface area (Å²) < 4.78 is 8.48. The van der Waals surface area contributed by atoms with Gasteiger partial charge in [-0.2, -0.15) is 0 Å². The molecule has 0 rings (SSSR count). The van der Waals surface area contributed by atoms with Gasteiger partial charge in [0, 0.05) is 20.2 Å². The monoisotopic (exact) mass is 360 g/mol. The van der Waals surface area contributed by atoms with Gasteiger partial charge in [0.15, 0.2) is 8.32 Å². The molecular formula is C18H44N2OSi2. The first kappa shape index (κ1) is 23.3. The molecule has 0 N–H and O–H groups in total. The Morgan fingerprint density at radius 1 is 0.739 bits per heavy atom. The molecule has 0 aromatic heterocycles. The molecule has 0 bridgehead atoms. The average Bonchev–Trinajstić information content (AvgIpc) is 2.45. The number of rotatable bonds is 14. The minimum atomic E-state index is -1.37. The van der Waals surface area contributed by atoms with Gasteiger partial charge >= 0.3 is 0 Å². The smallest absolute Gasteiger partial charge is 0.186 e. The van der Waals surface area contributed by atoms with Crippen LogP contribution in [0.5, 0.6) is 0 Å². The second-order valence-corrected chi connectivity index (χ2v) is 17.8. The first-order chi connectivity index (χ1) is 10.7. The van der Waals surface area contributed by atoms with Crippen molar-refractivity contribution in [2.45, 2.75) is 78.3 Å². The largest absolute Gasteiger partial charge is 0.420 e. The van der Waals surface area contributed by atoms with Crippen molar-refractivity contribution in [2.24, 2.45) is 0 Å². The molecule has 0 radical (unpaired) electrons. The SMILES string of the molecule is CCCN(CCC)CCN(CCCC[Si](C)(C)OC)[Si](C)(C)C. The van der Waals surface area contributed by atoms with Gasteiger partial charge in [-0.1, -0.05) is 39.9 Å². The van der Waals surface area contributed by atoms with Gasteiger partial charge in [0.25, 0.3) is 0 Å². The van der Waals surface area contributed by atoms with Crippen LogP contribution in [0, 0.1) is 0 Å². The third kappa shape index (κ3) is 11.5. The van der Waals surface area contributed by atoms with E-state index in [1.54, 1.807) is 0 Å². The zero-order valence-corrected chi connectivity index (χ0v) is 19.4. The lowest BCUT2D eigenvalue weighted by molar-refractivity contribution is 0.246. The third-order valence-corrected chi connectivity index (χ3v) is 9.73. The summed E-state index contributed by atoms with van der Waals surface area (Å²) in [6, 6.07) is 1.29. The molecule has 0 unspecified atom stereocenters. The first-order valence-corrected chi connectivity index (χ1v) is 16.2. The van der Waals surface area contributed by atoms with Crippen molar-refractivity contribution in [1.29, 1.82) is 0 Å². The number of hydrogen-bond donors (Lipinski definition) is 0. The van der Waals surface area contributed by atoms with Crippen LogP contribution in [0.15, 0.2) is 0 Å². The molecule has 0 heterocycles. The summed E-state index contributed by atoms with van der Waals surface area (Å²) in [5.41, 5.74) is 0. The highest BCUT2D eigenvalue weighted by atomic mass is 28.4. The van der Waals surface area contributed by atoms with Gasteiger partial charge in [0.1, 0.15) is 8.24 Å². The van der Waals surface area contributed by atoms with E-state index in [0.717, 1.165) is 0 Å². The van der Waals surface area contributed by atoms with Crippen LogP contribution in [0.1, 0.15) is 39.5 Å². The van der Waals surface area contributed by atoms with E-state index in [9.17, 15) is 0 Å². The minimum Gasteiger partial charge on any atom is -0.420 e. The summed E-state index contributed by atoms with van der Waals surface area (Å²) in [6.45, 7) is 23.0. The molecular weight excluding hydrogens is 316 g/mol. The van der Waals surface area contributed by atoms with E-state index in [-0.39, 0.29) is 0 Å². The fourth-order valence-electron chi connectivity index (χ4n) is 2.97. The van der Waals surface area contributed by atoms with Crippen molar-refractivity contribution in [3.05, 3.63) is 0 Å². The second-order valence-electron chi connectivity index (χ2n) is 8.42. The van der Waals surface area contributed by atoms with Crippen molar-refractivity contribution >= 4 is 16.6 Å². The van der Waals surface area contributed by atoms with Crippen molar-refractivity contribution in [3.8, 4) is 0 Å². The van der Waals surface area contributed by atoms with E-state index in [1.165, 1.54) is 64.5 Å². The number of nitrogens with zero attached hydrogens (tertiary/aromatic N) is 2. The van der Waals surface area contributed by atoms with Gasteiger partial charge in [-0.25, -0.2) is 0 Å². The maximum absolute atomic E-state index is 5.67. The lowest BCUT2D eigenvalue weighted by Gasteiger charge is -2.36. The molecule has 0 saturated carbocycles. The Labute approximate surface area is 149 Å². The molecule has 0 aliphatic heterocycles. The topological polar surface area (TPSA) is 15.7 Å². The molecule has 0 aliphatic rings. The summed E-state index contributed by atoms with van der Waals surface area (Å²) in [6.07, 6.45) is 5.18. The normalized spacial score (nSPS) is 13.3. The fourth-order valence-corrected chi connectivity index (χ4v) is 5.87. The van der Waals surface area contributed by atoms with Crippen molar-refractivity contribution in [3.63, 3.8) is 0 Å². The summed E-state index contributed by atoms with van der Waals surface area (Å²) in [7, 11) is -0.700. The van der Waals surface area contributed by atoms with Gasteiger partial charge in [0.05, 0.1) is 0 Å². The highest BCUT2D eigenvalue weighted by Crippen LogP contribution is 2.16. The van der Waals surface area contributed by atoms with E-state index in [4.69, 9.17) is 4.43 Å². The molecule has 0 aliphatic carbocycles. The van der Waals surface area contributed by atoms with Crippen LogP contribution in [0.25, 0.3) is 0 Å². The van der Waals surface area contributed by atoms with Crippen molar-refractivity contribution < 1.29 is 4.43 Å². The molecule has 0 aromatic rings. The van der Waals surface area contributed by atoms with Crippen LogP contribution in [0.4, 0.5) is 0 Å². The predicted molar refractivity (Wildman–Crippen MR) is 110 cm³/mol. The molecule has 0 atom stereocenters. The molecule has 23 heavy (non-hydrogen) atoms. The van der Waals surface area contributed by atoms with Gasteiger partial charge in [0.2, 0.25) is 0 Å². The number of unbranched alkanes of at least 4 members (excludes halogenated alkanes) is 1. The van der Waals surface area contributed by atoms with Gasteiger partial charge in [-0.15, -0.1) is 0 Å². The lowest BCUT2D eigenvalue weighted by Crippen LogP contribution is -2.49. The Bertz CT molecular complexity index is 287. The van der Waals surface area contributed by atoms with Crippen LogP contribution in [-0.2, 0) is 4.43 Å². The standard InChI is InChI=1S/C18H44N2OSi2/c1-9-13-19(14-10-2)16-17-20(22(4,5)6)15-11-12-18-23(7,8)21-3/h9-18H2,1-8H3. The lowest BCUT2D eigenvalue weighted by atomic mass is 10.3. The van der Waals surface area contributed by atoms with Crippen LogP contribution in [0.3, 0.4) is 0 Å². The molecule has 0 aromatic carbocycles. The molecule has 5 heteroatoms. The van der Waals surface area contributed by atoms with E-state index >= 15 is 0 Å². The van der Waals surface area contributed by atoms with E-state index in [2.05, 4.69) is 56.0 Å². The van der Waals surface area contributed by atoms with Crippen LogP contribution in [0.2, 0.25) is 38.8 Å². The summed E-state index contributed by atoms with van der Waals surface area (Å²) >= 11 is 0. The fraction of sp³-hybridized carbons (Fsp3) is 1.00. The van der Waals surface area contributed by atoms with Crippen LogP contribution < -0.4 is 0 Å². The Kier molecular flexibility index (Phi) is 12.0. The molecule has 0 spiro atoms. The zero-order chi connectivity index (χ0) is 17.9. The highest BCUT2D eigenvalue weighted by Gasteiger charge is 2.24. The highest BCUT2D eigenvalue weighted by molar-refractivity contribution is 6.73. The maximum atomic E-state index is 5.67. The van der Waals surface area contributed by atoms with Gasteiger partial charge < -0.3 is 13.9 Å². The molecule has 0 saturated heterocycles. The van der Waals surface area contributed by atoms with Gasteiger partial charge in [-0.3, -0.25) is 0 Å². The zero-order valence-electron chi connectivity index (χ0n) is 17.4. The quantitative estimate of drug-likeness (QED) is 0.324. The summed E-state index contributed by atoms with van der Waals surface area (Å²) in [5, 5.41) is 0. The minimum absolute atomic E-state index is 1.22. The second kappa shape index (κ2) is 11.8.